The molecule has 4 N–H and O–H groups in total. The van der Waals surface area contributed by atoms with Crippen molar-refractivity contribution in [1.29, 1.82) is 0 Å². The lowest BCUT2D eigenvalue weighted by Gasteiger charge is -2.16. The summed E-state index contributed by atoms with van der Waals surface area (Å²) in [6.07, 6.45) is -2.31. The molecule has 0 aliphatic carbocycles. The van der Waals surface area contributed by atoms with Crippen LogP contribution in [0.25, 0.3) is 0 Å². The number of aliphatic imine (C=N–C) groups is 2. The lowest BCUT2D eigenvalue weighted by Crippen LogP contribution is -2.37. The van der Waals surface area contributed by atoms with Crippen LogP contribution in [0.1, 0.15) is 18.1 Å². The summed E-state index contributed by atoms with van der Waals surface area (Å²) in [6, 6.07) is 4.75. The van der Waals surface area contributed by atoms with Gasteiger partial charge in [0.1, 0.15) is 0 Å². The van der Waals surface area contributed by atoms with Gasteiger partial charge in [-0.3, -0.25) is 0 Å². The fraction of sp³-hybridized carbons (Fsp3) is 0.333. The molecule has 10 heteroatoms. The third-order valence-corrected chi connectivity index (χ3v) is 3.36. The van der Waals surface area contributed by atoms with Crippen LogP contribution in [-0.2, 0) is 12.7 Å². The SMILES string of the molecule is CC1=CCN(/C(N)=N\C(N)=NCc2ccc(C(F)(F)F)cc2)C1.Cl.Cl. The molecule has 0 saturated heterocycles. The Bertz CT molecular complexity index is 654. The van der Waals surface area contributed by atoms with Crippen LogP contribution in [0.3, 0.4) is 0 Å². The maximum absolute atomic E-state index is 12.5. The fourth-order valence-electron chi connectivity index (χ4n) is 2.07. The van der Waals surface area contributed by atoms with Crippen molar-refractivity contribution < 1.29 is 13.2 Å². The second-order valence-corrected chi connectivity index (χ2v) is 5.27. The van der Waals surface area contributed by atoms with Crippen molar-refractivity contribution in [3.63, 3.8) is 0 Å². The normalized spacial score (nSPS) is 15.4. The van der Waals surface area contributed by atoms with Gasteiger partial charge in [0, 0.05) is 13.1 Å². The molecule has 5 nitrogen and oxygen atoms in total. The summed E-state index contributed by atoms with van der Waals surface area (Å²) < 4.78 is 37.4. The Hall–Kier alpha value is -1.93. The highest BCUT2D eigenvalue weighted by Crippen LogP contribution is 2.29. The molecule has 0 fully saturated rings. The molecule has 1 aromatic rings. The van der Waals surface area contributed by atoms with Gasteiger partial charge in [0.05, 0.1) is 12.1 Å². The Labute approximate surface area is 156 Å². The summed E-state index contributed by atoms with van der Waals surface area (Å²) in [4.78, 5) is 9.86. The zero-order chi connectivity index (χ0) is 17.0. The van der Waals surface area contributed by atoms with E-state index in [4.69, 9.17) is 11.5 Å². The number of alkyl halides is 3. The largest absolute Gasteiger partial charge is 0.416 e. The summed E-state index contributed by atoms with van der Waals surface area (Å²) in [7, 11) is 0. The maximum atomic E-state index is 12.5. The standard InChI is InChI=1S/C15H18F3N5.2ClH/c1-10-6-7-23(9-10)14(20)22-13(19)21-8-11-2-4-12(5-3-11)15(16,17)18;;/h2-6H,7-9H2,1H3,(H4,19,20,21,22);2*1H. The van der Waals surface area contributed by atoms with Gasteiger partial charge < -0.3 is 16.4 Å². The van der Waals surface area contributed by atoms with Crippen LogP contribution in [0.15, 0.2) is 45.9 Å². The van der Waals surface area contributed by atoms with Crippen molar-refractivity contribution in [2.75, 3.05) is 13.1 Å². The van der Waals surface area contributed by atoms with Crippen molar-refractivity contribution in [2.45, 2.75) is 19.6 Å². The second kappa shape index (κ2) is 9.53. The quantitative estimate of drug-likeness (QED) is 0.457. The minimum Gasteiger partial charge on any atom is -0.369 e. The van der Waals surface area contributed by atoms with Crippen molar-refractivity contribution in [1.82, 2.24) is 4.90 Å². The molecule has 1 aliphatic heterocycles. The van der Waals surface area contributed by atoms with E-state index >= 15 is 0 Å². The van der Waals surface area contributed by atoms with Gasteiger partial charge >= 0.3 is 6.18 Å². The van der Waals surface area contributed by atoms with Crippen LogP contribution in [-0.4, -0.2) is 29.9 Å². The van der Waals surface area contributed by atoms with Crippen LogP contribution < -0.4 is 11.5 Å². The van der Waals surface area contributed by atoms with Crippen LogP contribution in [0.5, 0.6) is 0 Å². The van der Waals surface area contributed by atoms with Gasteiger partial charge in [-0.25, -0.2) is 4.99 Å². The minimum absolute atomic E-state index is 0. The number of guanidine groups is 2. The van der Waals surface area contributed by atoms with Crippen molar-refractivity contribution in [3.05, 3.63) is 47.0 Å². The molecule has 0 amide bonds. The smallest absolute Gasteiger partial charge is 0.369 e. The Morgan fingerprint density at radius 3 is 2.24 bits per heavy atom. The van der Waals surface area contributed by atoms with E-state index in [1.165, 1.54) is 17.7 Å². The highest BCUT2D eigenvalue weighted by atomic mass is 35.5. The number of nitrogens with zero attached hydrogens (tertiary/aromatic N) is 3. The molecule has 0 bridgehead atoms. The first-order valence-corrected chi connectivity index (χ1v) is 6.96. The van der Waals surface area contributed by atoms with E-state index in [1.54, 1.807) is 0 Å². The topological polar surface area (TPSA) is 80.0 Å². The van der Waals surface area contributed by atoms with Crippen LogP contribution in [0.2, 0.25) is 0 Å². The van der Waals surface area contributed by atoms with E-state index in [0.29, 0.717) is 18.7 Å². The number of halogens is 5. The summed E-state index contributed by atoms with van der Waals surface area (Å²) in [6.45, 7) is 3.50. The van der Waals surface area contributed by atoms with Gasteiger partial charge in [0.15, 0.2) is 5.96 Å². The first-order chi connectivity index (χ1) is 10.8. The number of hydrogen-bond acceptors (Lipinski definition) is 1. The van der Waals surface area contributed by atoms with Crippen molar-refractivity contribution in [2.24, 2.45) is 21.5 Å². The van der Waals surface area contributed by atoms with Crippen LogP contribution in [0, 0.1) is 0 Å². The molecule has 140 valence electrons. The number of hydrogen-bond donors (Lipinski definition) is 2. The van der Waals surface area contributed by atoms with E-state index in [9.17, 15) is 13.2 Å². The molecule has 0 spiro atoms. The monoisotopic (exact) mass is 397 g/mol. The van der Waals surface area contributed by atoms with Gasteiger partial charge in [0.2, 0.25) is 5.96 Å². The van der Waals surface area contributed by atoms with E-state index in [1.807, 2.05) is 17.9 Å². The molecule has 1 heterocycles. The van der Waals surface area contributed by atoms with Crippen LogP contribution >= 0.6 is 24.8 Å². The number of nitrogens with two attached hydrogens (primary N) is 2. The van der Waals surface area contributed by atoms with E-state index < -0.39 is 11.7 Å². The minimum atomic E-state index is -4.35. The molecule has 0 atom stereocenters. The predicted octanol–water partition coefficient (Wildman–Crippen LogP) is 2.94. The molecular weight excluding hydrogens is 378 g/mol. The highest BCUT2D eigenvalue weighted by molar-refractivity contribution is 5.93. The van der Waals surface area contributed by atoms with Gasteiger partial charge in [-0.2, -0.15) is 18.2 Å². The molecule has 0 saturated carbocycles. The van der Waals surface area contributed by atoms with Crippen molar-refractivity contribution >= 4 is 36.7 Å². The summed E-state index contributed by atoms with van der Waals surface area (Å²) in [5, 5.41) is 0. The van der Waals surface area contributed by atoms with Gasteiger partial charge in [-0.05, 0) is 24.6 Å². The molecule has 1 aromatic carbocycles. The summed E-state index contributed by atoms with van der Waals surface area (Å²) in [5.74, 6) is 0.263. The maximum Gasteiger partial charge on any atom is 0.416 e. The molecule has 0 aromatic heterocycles. The Balaban J connectivity index is 0.00000288. The second-order valence-electron chi connectivity index (χ2n) is 5.27. The molecular formula is C15H20Cl2F3N5. The van der Waals surface area contributed by atoms with Gasteiger partial charge in [0.25, 0.3) is 0 Å². The lowest BCUT2D eigenvalue weighted by molar-refractivity contribution is -0.137. The average Bonchev–Trinajstić information content (AvgIpc) is 2.91. The molecule has 0 radical (unpaired) electrons. The Kier molecular flexibility index (Phi) is 8.79. The first-order valence-electron chi connectivity index (χ1n) is 6.96. The zero-order valence-electron chi connectivity index (χ0n) is 13.5. The van der Waals surface area contributed by atoms with Gasteiger partial charge in [-0.1, -0.05) is 23.8 Å². The van der Waals surface area contributed by atoms with E-state index in [0.717, 1.165) is 12.1 Å². The predicted molar refractivity (Wildman–Crippen MR) is 98.2 cm³/mol. The molecule has 1 aliphatic rings. The molecule has 0 unspecified atom stereocenters. The Morgan fingerprint density at radius 1 is 1.16 bits per heavy atom. The zero-order valence-corrected chi connectivity index (χ0v) is 15.1. The van der Waals surface area contributed by atoms with E-state index in [2.05, 4.69) is 9.98 Å². The third kappa shape index (κ3) is 6.83. The third-order valence-electron chi connectivity index (χ3n) is 3.36. The fourth-order valence-corrected chi connectivity index (χ4v) is 2.07. The number of benzene rings is 1. The van der Waals surface area contributed by atoms with Crippen LogP contribution in [0.4, 0.5) is 13.2 Å². The Morgan fingerprint density at radius 2 is 1.76 bits per heavy atom. The van der Waals surface area contributed by atoms with E-state index in [-0.39, 0.29) is 43.3 Å². The highest BCUT2D eigenvalue weighted by Gasteiger charge is 2.29. The summed E-state index contributed by atoms with van der Waals surface area (Å²) >= 11 is 0. The molecule has 2 rings (SSSR count). The average molecular weight is 398 g/mol. The first kappa shape index (κ1) is 23.1. The van der Waals surface area contributed by atoms with Crippen molar-refractivity contribution in [3.8, 4) is 0 Å². The van der Waals surface area contributed by atoms with Gasteiger partial charge in [-0.15, -0.1) is 24.8 Å². The lowest BCUT2D eigenvalue weighted by atomic mass is 10.1. The molecule has 25 heavy (non-hydrogen) atoms. The number of rotatable bonds is 2. The summed E-state index contributed by atoms with van der Waals surface area (Å²) in [5.41, 5.74) is 12.6.